The fraction of sp³-hybridized carbons (Fsp3) is 0.312. The van der Waals surface area contributed by atoms with Crippen LogP contribution in [0.2, 0.25) is 0 Å². The van der Waals surface area contributed by atoms with Gasteiger partial charge in [0, 0.05) is 11.3 Å². The van der Waals surface area contributed by atoms with Crippen LogP contribution in [0, 0.1) is 0 Å². The van der Waals surface area contributed by atoms with E-state index in [1.807, 2.05) is 30.3 Å². The van der Waals surface area contributed by atoms with Gasteiger partial charge < -0.3 is 10.1 Å². The highest BCUT2D eigenvalue weighted by Crippen LogP contribution is 2.21. The molecule has 0 spiro atoms. The third-order valence-corrected chi connectivity index (χ3v) is 6.18. The Labute approximate surface area is 145 Å². The first-order chi connectivity index (χ1) is 11.5. The Morgan fingerprint density at radius 2 is 1.92 bits per heavy atom. The number of amides is 1. The van der Waals surface area contributed by atoms with Crippen molar-refractivity contribution < 1.29 is 17.9 Å². The molecule has 0 aliphatic carbocycles. The summed E-state index contributed by atoms with van der Waals surface area (Å²) in [5.74, 6) is 0.702. The molecule has 130 valence electrons. The summed E-state index contributed by atoms with van der Waals surface area (Å²) >= 11 is 1.14. The zero-order chi connectivity index (χ0) is 17.4. The van der Waals surface area contributed by atoms with Gasteiger partial charge in [-0.15, -0.1) is 11.3 Å². The predicted octanol–water partition coefficient (Wildman–Crippen LogP) is 2.13. The lowest BCUT2D eigenvalue weighted by Gasteiger charge is -2.06. The van der Waals surface area contributed by atoms with Gasteiger partial charge in [0.25, 0.3) is 0 Å². The molecule has 0 aliphatic rings. The molecule has 6 nitrogen and oxygen atoms in total. The second kappa shape index (κ2) is 8.81. The van der Waals surface area contributed by atoms with Crippen molar-refractivity contribution in [3.8, 4) is 5.75 Å². The number of rotatable bonds is 9. The first-order valence-corrected chi connectivity index (χ1v) is 9.78. The lowest BCUT2D eigenvalue weighted by Crippen LogP contribution is -2.22. The predicted molar refractivity (Wildman–Crippen MR) is 93.6 cm³/mol. The summed E-state index contributed by atoms with van der Waals surface area (Å²) in [6.45, 7) is 0.795. The summed E-state index contributed by atoms with van der Waals surface area (Å²) in [5, 5.41) is 2.78. The molecule has 0 unspecified atom stereocenters. The Hall–Kier alpha value is -1.90. The summed E-state index contributed by atoms with van der Waals surface area (Å²) in [6, 6.07) is 12.7. The molecule has 0 radical (unpaired) electrons. The van der Waals surface area contributed by atoms with Crippen LogP contribution in [0.1, 0.15) is 17.7 Å². The summed E-state index contributed by atoms with van der Waals surface area (Å²) < 4.78 is 31.3. The molecule has 2 rings (SSSR count). The molecule has 0 saturated heterocycles. The molecule has 0 fully saturated rings. The number of thiophene rings is 1. The maximum Gasteiger partial charge on any atom is 0.249 e. The highest BCUT2D eigenvalue weighted by Gasteiger charge is 2.14. The summed E-state index contributed by atoms with van der Waals surface area (Å²) in [5.41, 5.74) is 0. The first kappa shape index (κ1) is 18.4. The van der Waals surface area contributed by atoms with E-state index in [1.165, 1.54) is 13.1 Å². The summed E-state index contributed by atoms with van der Waals surface area (Å²) in [6.07, 6.45) is 0.977. The maximum atomic E-state index is 11.8. The standard InChI is InChI=1S/C16H20N2O4S2/c1-17-24(20,21)16-10-9-14(23-16)12-18-15(19)8-5-11-22-13-6-3-2-4-7-13/h2-4,6-7,9-10,17H,5,8,11-12H2,1H3,(H,18,19). The van der Waals surface area contributed by atoms with Gasteiger partial charge >= 0.3 is 0 Å². The molecular formula is C16H20N2O4S2. The van der Waals surface area contributed by atoms with Gasteiger partial charge in [-0.2, -0.15) is 0 Å². The van der Waals surface area contributed by atoms with E-state index in [9.17, 15) is 13.2 Å². The average molecular weight is 368 g/mol. The van der Waals surface area contributed by atoms with E-state index >= 15 is 0 Å². The molecule has 2 N–H and O–H groups in total. The zero-order valence-electron chi connectivity index (χ0n) is 13.3. The highest BCUT2D eigenvalue weighted by atomic mass is 32.2. The second-order valence-electron chi connectivity index (χ2n) is 4.97. The lowest BCUT2D eigenvalue weighted by atomic mass is 10.3. The number of carbonyl (C=O) groups excluding carboxylic acids is 1. The second-order valence-corrected chi connectivity index (χ2v) is 8.25. The smallest absolute Gasteiger partial charge is 0.249 e. The summed E-state index contributed by atoms with van der Waals surface area (Å²) in [7, 11) is -2.05. The topological polar surface area (TPSA) is 84.5 Å². The van der Waals surface area contributed by atoms with Crippen LogP contribution in [-0.4, -0.2) is 28.0 Å². The van der Waals surface area contributed by atoms with Crippen molar-refractivity contribution in [2.45, 2.75) is 23.6 Å². The fourth-order valence-electron chi connectivity index (χ4n) is 1.91. The molecule has 0 saturated carbocycles. The van der Waals surface area contributed by atoms with Crippen molar-refractivity contribution in [2.75, 3.05) is 13.7 Å². The van der Waals surface area contributed by atoms with Gasteiger partial charge in [0.2, 0.25) is 15.9 Å². The van der Waals surface area contributed by atoms with Gasteiger partial charge in [-0.3, -0.25) is 4.79 Å². The van der Waals surface area contributed by atoms with E-state index in [0.29, 0.717) is 26.0 Å². The molecule has 2 aromatic rings. The van der Waals surface area contributed by atoms with Crippen LogP contribution in [0.3, 0.4) is 0 Å². The van der Waals surface area contributed by atoms with Crippen LogP contribution in [-0.2, 0) is 21.4 Å². The van der Waals surface area contributed by atoms with Gasteiger partial charge in [0.05, 0.1) is 13.2 Å². The third-order valence-electron chi connectivity index (χ3n) is 3.19. The largest absolute Gasteiger partial charge is 0.494 e. The molecule has 0 bridgehead atoms. The maximum absolute atomic E-state index is 11.8. The summed E-state index contributed by atoms with van der Waals surface area (Å²) in [4.78, 5) is 12.6. The van der Waals surface area contributed by atoms with E-state index in [0.717, 1.165) is 22.0 Å². The Balaban J connectivity index is 1.68. The molecular weight excluding hydrogens is 348 g/mol. The number of para-hydroxylation sites is 1. The molecule has 0 atom stereocenters. The van der Waals surface area contributed by atoms with Gasteiger partial charge in [0.15, 0.2) is 0 Å². The Morgan fingerprint density at radius 3 is 2.62 bits per heavy atom. The molecule has 8 heteroatoms. The van der Waals surface area contributed by atoms with Crippen molar-refractivity contribution in [1.82, 2.24) is 10.0 Å². The number of ether oxygens (including phenoxy) is 1. The minimum atomic E-state index is -3.42. The molecule has 0 aliphatic heterocycles. The van der Waals surface area contributed by atoms with E-state index < -0.39 is 10.0 Å². The Kier molecular flexibility index (Phi) is 6.77. The molecule has 1 heterocycles. The molecule has 1 aromatic heterocycles. The molecule has 1 amide bonds. The van der Waals surface area contributed by atoms with Crippen molar-refractivity contribution in [3.05, 3.63) is 47.3 Å². The fourth-order valence-corrected chi connectivity index (χ4v) is 4.05. The third kappa shape index (κ3) is 5.63. The van der Waals surface area contributed by atoms with Crippen LogP contribution >= 0.6 is 11.3 Å². The monoisotopic (exact) mass is 368 g/mol. The average Bonchev–Trinajstić information content (AvgIpc) is 3.08. The highest BCUT2D eigenvalue weighted by molar-refractivity contribution is 7.91. The number of nitrogens with one attached hydrogen (secondary N) is 2. The SMILES string of the molecule is CNS(=O)(=O)c1ccc(CNC(=O)CCCOc2ccccc2)s1. The Bertz CT molecular complexity index is 757. The number of hydrogen-bond acceptors (Lipinski definition) is 5. The van der Waals surface area contributed by atoms with Gasteiger partial charge in [-0.25, -0.2) is 13.1 Å². The van der Waals surface area contributed by atoms with Crippen LogP contribution in [0.25, 0.3) is 0 Å². The minimum absolute atomic E-state index is 0.0851. The molecule has 24 heavy (non-hydrogen) atoms. The van der Waals surface area contributed by atoms with E-state index in [2.05, 4.69) is 10.0 Å². The van der Waals surface area contributed by atoms with Crippen LogP contribution in [0.5, 0.6) is 5.75 Å². The number of sulfonamides is 1. The van der Waals surface area contributed by atoms with Crippen LogP contribution < -0.4 is 14.8 Å². The van der Waals surface area contributed by atoms with Crippen molar-refractivity contribution in [1.29, 1.82) is 0 Å². The first-order valence-electron chi connectivity index (χ1n) is 7.48. The lowest BCUT2D eigenvalue weighted by molar-refractivity contribution is -0.121. The van der Waals surface area contributed by atoms with E-state index in [4.69, 9.17) is 4.74 Å². The van der Waals surface area contributed by atoms with Gasteiger partial charge in [0.1, 0.15) is 9.96 Å². The van der Waals surface area contributed by atoms with Gasteiger partial charge in [-0.1, -0.05) is 18.2 Å². The van der Waals surface area contributed by atoms with E-state index in [-0.39, 0.29) is 10.1 Å². The van der Waals surface area contributed by atoms with Crippen molar-refractivity contribution in [3.63, 3.8) is 0 Å². The van der Waals surface area contributed by atoms with Crippen LogP contribution in [0.15, 0.2) is 46.7 Å². The Morgan fingerprint density at radius 1 is 1.17 bits per heavy atom. The van der Waals surface area contributed by atoms with Crippen molar-refractivity contribution in [2.24, 2.45) is 0 Å². The number of carbonyl (C=O) groups is 1. The van der Waals surface area contributed by atoms with Gasteiger partial charge in [-0.05, 0) is 37.7 Å². The van der Waals surface area contributed by atoms with Crippen molar-refractivity contribution >= 4 is 27.3 Å². The van der Waals surface area contributed by atoms with Crippen LogP contribution in [0.4, 0.5) is 0 Å². The molecule has 1 aromatic carbocycles. The normalized spacial score (nSPS) is 11.2. The van der Waals surface area contributed by atoms with E-state index in [1.54, 1.807) is 6.07 Å². The number of hydrogen-bond donors (Lipinski definition) is 2. The minimum Gasteiger partial charge on any atom is -0.494 e. The zero-order valence-corrected chi connectivity index (χ0v) is 15.0. The quantitative estimate of drug-likeness (QED) is 0.664. The number of benzene rings is 1.